The van der Waals surface area contributed by atoms with E-state index in [-0.39, 0.29) is 12.5 Å². The number of carbonyl (C=O) groups is 1. The van der Waals surface area contributed by atoms with Crippen molar-refractivity contribution in [3.8, 4) is 0 Å². The van der Waals surface area contributed by atoms with Crippen LogP contribution in [0.25, 0.3) is 0 Å². The Balaban J connectivity index is 1.56. The lowest BCUT2D eigenvalue weighted by atomic mass is 9.99. The van der Waals surface area contributed by atoms with Crippen molar-refractivity contribution >= 4 is 17.5 Å². The van der Waals surface area contributed by atoms with Crippen LogP contribution >= 0.6 is 11.6 Å². The van der Waals surface area contributed by atoms with Crippen LogP contribution in [0.1, 0.15) is 34.3 Å². The van der Waals surface area contributed by atoms with E-state index in [0.29, 0.717) is 23.9 Å². The first kappa shape index (κ1) is 19.9. The van der Waals surface area contributed by atoms with Crippen LogP contribution in [0.4, 0.5) is 0 Å². The number of amides is 1. The Labute approximate surface area is 166 Å². The quantitative estimate of drug-likeness (QED) is 0.767. The van der Waals surface area contributed by atoms with Gasteiger partial charge in [0.25, 0.3) is 5.91 Å². The molecule has 1 amide bonds. The van der Waals surface area contributed by atoms with Crippen LogP contribution in [0.15, 0.2) is 48.5 Å². The predicted molar refractivity (Wildman–Crippen MR) is 109 cm³/mol. The Morgan fingerprint density at radius 1 is 1.19 bits per heavy atom. The van der Waals surface area contributed by atoms with Crippen LogP contribution in [-0.4, -0.2) is 48.7 Å². The standard InChI is InChI=1S/C22H27ClN2O2/c23-20-9-7-17(8-10-20)14-19-5-1-2-6-21(19)22(27)24-11-13-25-12-3-4-18(15-25)16-26/h1-2,5-10,18,26H,3-4,11-16H2,(H,24,27)/t18-/m1/s1. The Morgan fingerprint density at radius 2 is 1.96 bits per heavy atom. The first-order valence-electron chi connectivity index (χ1n) is 9.59. The number of piperidine rings is 1. The van der Waals surface area contributed by atoms with E-state index in [1.807, 2.05) is 48.5 Å². The number of carbonyl (C=O) groups excluding carboxylic acids is 1. The molecular weight excluding hydrogens is 360 g/mol. The van der Waals surface area contributed by atoms with Gasteiger partial charge in [-0.1, -0.05) is 41.9 Å². The van der Waals surface area contributed by atoms with Crippen molar-refractivity contribution in [2.24, 2.45) is 5.92 Å². The number of aliphatic hydroxyl groups excluding tert-OH is 1. The summed E-state index contributed by atoms with van der Waals surface area (Å²) in [5.41, 5.74) is 2.86. The molecule has 3 rings (SSSR count). The molecule has 1 saturated heterocycles. The second-order valence-electron chi connectivity index (χ2n) is 7.21. The van der Waals surface area contributed by atoms with E-state index < -0.39 is 0 Å². The van der Waals surface area contributed by atoms with Gasteiger partial charge in [0.1, 0.15) is 0 Å². The third-order valence-electron chi connectivity index (χ3n) is 5.14. The van der Waals surface area contributed by atoms with Crippen LogP contribution < -0.4 is 5.32 Å². The highest BCUT2D eigenvalue weighted by atomic mass is 35.5. The Bertz CT molecular complexity index is 748. The van der Waals surface area contributed by atoms with E-state index in [0.717, 1.165) is 49.2 Å². The summed E-state index contributed by atoms with van der Waals surface area (Å²) in [6.07, 6.45) is 2.91. The number of nitrogens with zero attached hydrogens (tertiary/aromatic N) is 1. The van der Waals surface area contributed by atoms with Gasteiger partial charge in [-0.2, -0.15) is 0 Å². The van der Waals surface area contributed by atoms with Gasteiger partial charge in [-0.25, -0.2) is 0 Å². The van der Waals surface area contributed by atoms with Crippen molar-refractivity contribution < 1.29 is 9.90 Å². The summed E-state index contributed by atoms with van der Waals surface area (Å²) in [6.45, 7) is 3.65. The van der Waals surface area contributed by atoms with Crippen molar-refractivity contribution in [3.05, 3.63) is 70.2 Å². The molecule has 5 heteroatoms. The number of nitrogens with one attached hydrogen (secondary N) is 1. The molecule has 0 aliphatic carbocycles. The average Bonchev–Trinajstić information content (AvgIpc) is 2.70. The molecule has 0 bridgehead atoms. The number of benzene rings is 2. The zero-order valence-electron chi connectivity index (χ0n) is 15.5. The fraction of sp³-hybridized carbons (Fsp3) is 0.409. The monoisotopic (exact) mass is 386 g/mol. The lowest BCUT2D eigenvalue weighted by molar-refractivity contribution is 0.0930. The molecule has 1 aliphatic rings. The van der Waals surface area contributed by atoms with Crippen LogP contribution in [0.2, 0.25) is 5.02 Å². The van der Waals surface area contributed by atoms with Gasteiger partial charge in [-0.3, -0.25) is 4.79 Å². The molecule has 1 atom stereocenters. The summed E-state index contributed by atoms with van der Waals surface area (Å²) in [7, 11) is 0. The van der Waals surface area contributed by atoms with Crippen LogP contribution in [0.5, 0.6) is 0 Å². The van der Waals surface area contributed by atoms with Crippen molar-refractivity contribution in [1.29, 1.82) is 0 Å². The van der Waals surface area contributed by atoms with E-state index in [9.17, 15) is 9.90 Å². The maximum absolute atomic E-state index is 12.7. The summed E-state index contributed by atoms with van der Waals surface area (Å²) in [5, 5.41) is 13.1. The molecule has 1 fully saturated rings. The number of likely N-dealkylation sites (tertiary alicyclic amines) is 1. The summed E-state index contributed by atoms with van der Waals surface area (Å²) in [4.78, 5) is 15.0. The molecule has 27 heavy (non-hydrogen) atoms. The normalized spacial score (nSPS) is 17.6. The summed E-state index contributed by atoms with van der Waals surface area (Å²) >= 11 is 5.95. The lowest BCUT2D eigenvalue weighted by Gasteiger charge is -2.31. The molecule has 1 heterocycles. The number of rotatable bonds is 7. The van der Waals surface area contributed by atoms with Gasteiger partial charge in [0, 0.05) is 36.8 Å². The zero-order chi connectivity index (χ0) is 19.1. The molecular formula is C22H27ClN2O2. The molecule has 2 N–H and O–H groups in total. The van der Waals surface area contributed by atoms with Gasteiger partial charge in [0.15, 0.2) is 0 Å². The molecule has 0 saturated carbocycles. The maximum Gasteiger partial charge on any atom is 0.251 e. The molecule has 0 spiro atoms. The van der Waals surface area contributed by atoms with Crippen LogP contribution in [-0.2, 0) is 6.42 Å². The summed E-state index contributed by atoms with van der Waals surface area (Å²) in [6, 6.07) is 15.5. The third kappa shape index (κ3) is 5.80. The minimum Gasteiger partial charge on any atom is -0.396 e. The van der Waals surface area contributed by atoms with E-state index in [4.69, 9.17) is 11.6 Å². The molecule has 4 nitrogen and oxygen atoms in total. The smallest absolute Gasteiger partial charge is 0.251 e. The van der Waals surface area contributed by atoms with Crippen molar-refractivity contribution in [3.63, 3.8) is 0 Å². The SMILES string of the molecule is O=C(NCCN1CCC[C@@H](CO)C1)c1ccccc1Cc1ccc(Cl)cc1. The second-order valence-corrected chi connectivity index (χ2v) is 7.64. The van der Waals surface area contributed by atoms with Gasteiger partial charge >= 0.3 is 0 Å². The summed E-state index contributed by atoms with van der Waals surface area (Å²) in [5.74, 6) is 0.338. The lowest BCUT2D eigenvalue weighted by Crippen LogP contribution is -2.41. The Hall–Kier alpha value is -1.88. The van der Waals surface area contributed by atoms with Gasteiger partial charge in [0.2, 0.25) is 0 Å². The minimum absolute atomic E-state index is 0.0321. The van der Waals surface area contributed by atoms with E-state index in [1.165, 1.54) is 0 Å². The molecule has 0 aromatic heterocycles. The largest absolute Gasteiger partial charge is 0.396 e. The summed E-state index contributed by atoms with van der Waals surface area (Å²) < 4.78 is 0. The first-order chi connectivity index (χ1) is 13.2. The van der Waals surface area contributed by atoms with E-state index >= 15 is 0 Å². The van der Waals surface area contributed by atoms with Gasteiger partial charge in [-0.05, 0) is 61.1 Å². The highest BCUT2D eigenvalue weighted by molar-refractivity contribution is 6.30. The number of aliphatic hydroxyl groups is 1. The molecule has 0 unspecified atom stereocenters. The highest BCUT2D eigenvalue weighted by Crippen LogP contribution is 2.17. The molecule has 0 radical (unpaired) electrons. The van der Waals surface area contributed by atoms with E-state index in [1.54, 1.807) is 0 Å². The predicted octanol–water partition coefficient (Wildman–Crippen LogP) is 3.36. The highest BCUT2D eigenvalue weighted by Gasteiger charge is 2.19. The zero-order valence-corrected chi connectivity index (χ0v) is 16.3. The molecule has 1 aliphatic heterocycles. The van der Waals surface area contributed by atoms with Crippen LogP contribution in [0.3, 0.4) is 0 Å². The average molecular weight is 387 g/mol. The Kier molecular flexibility index (Phi) is 7.27. The van der Waals surface area contributed by atoms with Crippen molar-refractivity contribution in [2.45, 2.75) is 19.3 Å². The minimum atomic E-state index is -0.0321. The maximum atomic E-state index is 12.7. The molecule has 144 valence electrons. The van der Waals surface area contributed by atoms with Crippen molar-refractivity contribution in [1.82, 2.24) is 10.2 Å². The van der Waals surface area contributed by atoms with Gasteiger partial charge < -0.3 is 15.3 Å². The van der Waals surface area contributed by atoms with Crippen molar-refractivity contribution in [2.75, 3.05) is 32.8 Å². The molecule has 2 aromatic carbocycles. The van der Waals surface area contributed by atoms with Crippen LogP contribution in [0, 0.1) is 5.92 Å². The number of halogens is 1. The molecule has 2 aromatic rings. The van der Waals surface area contributed by atoms with E-state index in [2.05, 4.69) is 10.2 Å². The van der Waals surface area contributed by atoms with Gasteiger partial charge in [0.05, 0.1) is 0 Å². The topological polar surface area (TPSA) is 52.6 Å². The number of hydrogen-bond acceptors (Lipinski definition) is 3. The van der Waals surface area contributed by atoms with Gasteiger partial charge in [-0.15, -0.1) is 0 Å². The Morgan fingerprint density at radius 3 is 2.74 bits per heavy atom. The first-order valence-corrected chi connectivity index (χ1v) is 9.97. The fourth-order valence-electron chi connectivity index (χ4n) is 3.64. The third-order valence-corrected chi connectivity index (χ3v) is 5.40. The second kappa shape index (κ2) is 9.88. The number of hydrogen-bond donors (Lipinski definition) is 2. The fourth-order valence-corrected chi connectivity index (χ4v) is 3.77.